The van der Waals surface area contributed by atoms with Crippen molar-refractivity contribution < 1.29 is 13.2 Å². The van der Waals surface area contributed by atoms with E-state index in [0.29, 0.717) is 17.6 Å². The molecule has 0 atom stereocenters. The Morgan fingerprint density at radius 3 is 2.59 bits per heavy atom. The molecular weight excluding hydrogens is 306 g/mol. The zero-order valence-corrected chi connectivity index (χ0v) is 11.5. The fraction of sp³-hybridized carbons (Fsp3) is 0.364. The molecule has 0 spiro atoms. The highest BCUT2D eigenvalue weighted by molar-refractivity contribution is 9.10. The number of hydrogen-bond acceptors (Lipinski definition) is 3. The smallest absolute Gasteiger partial charge is 0.238 e. The molecule has 0 saturated carbocycles. The topological polar surface area (TPSA) is 54.5 Å². The van der Waals surface area contributed by atoms with Gasteiger partial charge in [-0.1, -0.05) is 22.0 Å². The normalized spacial score (nSPS) is 15.5. The number of benzene rings is 1. The van der Waals surface area contributed by atoms with E-state index in [1.165, 1.54) is 12.1 Å². The second-order valence-corrected chi connectivity index (χ2v) is 6.86. The molecule has 17 heavy (non-hydrogen) atoms. The summed E-state index contributed by atoms with van der Waals surface area (Å²) < 4.78 is 24.6. The van der Waals surface area contributed by atoms with Gasteiger partial charge < -0.3 is 4.90 Å². The van der Waals surface area contributed by atoms with Gasteiger partial charge in [0.1, 0.15) is 5.75 Å². The Morgan fingerprint density at radius 1 is 1.35 bits per heavy atom. The summed E-state index contributed by atoms with van der Waals surface area (Å²) in [6, 6.07) is 6.41. The number of carbonyl (C=O) groups excluding carboxylic acids is 1. The molecule has 1 aromatic rings. The minimum Gasteiger partial charge on any atom is -0.342 e. The number of hydrogen-bond donors (Lipinski definition) is 0. The van der Waals surface area contributed by atoms with Gasteiger partial charge in [-0.3, -0.25) is 4.79 Å². The standard InChI is InChI=1S/C11H12BrNO3S/c12-9-3-1-4-10(7-9)17(15,16)8-11(14)13-5-2-6-13/h1,3-4,7H,2,5-6,8H2. The first kappa shape index (κ1) is 12.6. The molecule has 0 N–H and O–H groups in total. The summed E-state index contributed by atoms with van der Waals surface area (Å²) in [7, 11) is -3.52. The second-order valence-electron chi connectivity index (χ2n) is 3.95. The first-order valence-corrected chi connectivity index (χ1v) is 7.70. The fourth-order valence-electron chi connectivity index (χ4n) is 1.56. The van der Waals surface area contributed by atoms with Gasteiger partial charge in [-0.15, -0.1) is 0 Å². The predicted molar refractivity (Wildman–Crippen MR) is 67.4 cm³/mol. The SMILES string of the molecule is O=C(CS(=O)(=O)c1cccc(Br)c1)N1CCC1. The lowest BCUT2D eigenvalue weighted by Gasteiger charge is -2.30. The maximum atomic E-state index is 12.0. The number of likely N-dealkylation sites (tertiary alicyclic amines) is 1. The monoisotopic (exact) mass is 317 g/mol. The van der Waals surface area contributed by atoms with Gasteiger partial charge >= 0.3 is 0 Å². The van der Waals surface area contributed by atoms with Crippen molar-refractivity contribution in [3.8, 4) is 0 Å². The van der Waals surface area contributed by atoms with Crippen molar-refractivity contribution in [3.63, 3.8) is 0 Å². The zero-order chi connectivity index (χ0) is 12.5. The molecular formula is C11H12BrNO3S. The van der Waals surface area contributed by atoms with E-state index in [-0.39, 0.29) is 10.8 Å². The molecule has 1 fully saturated rings. The van der Waals surface area contributed by atoms with E-state index in [0.717, 1.165) is 6.42 Å². The van der Waals surface area contributed by atoms with Gasteiger partial charge in [0.15, 0.2) is 9.84 Å². The highest BCUT2D eigenvalue weighted by Crippen LogP contribution is 2.18. The summed E-state index contributed by atoms with van der Waals surface area (Å²) in [5, 5.41) is 0. The summed E-state index contributed by atoms with van der Waals surface area (Å²) >= 11 is 3.21. The largest absolute Gasteiger partial charge is 0.342 e. The lowest BCUT2D eigenvalue weighted by atomic mass is 10.2. The Hall–Kier alpha value is -0.880. The van der Waals surface area contributed by atoms with Gasteiger partial charge in [-0.05, 0) is 24.6 Å². The van der Waals surface area contributed by atoms with Crippen LogP contribution in [0.2, 0.25) is 0 Å². The minimum absolute atomic E-state index is 0.181. The molecule has 4 nitrogen and oxygen atoms in total. The van der Waals surface area contributed by atoms with Gasteiger partial charge in [0.05, 0.1) is 4.90 Å². The molecule has 1 saturated heterocycles. The Bertz CT molecular complexity index is 537. The third kappa shape index (κ3) is 2.87. The maximum absolute atomic E-state index is 12.0. The van der Waals surface area contributed by atoms with E-state index in [4.69, 9.17) is 0 Å². The van der Waals surface area contributed by atoms with Crippen LogP contribution >= 0.6 is 15.9 Å². The van der Waals surface area contributed by atoms with Crippen LogP contribution < -0.4 is 0 Å². The van der Waals surface area contributed by atoms with E-state index in [9.17, 15) is 13.2 Å². The number of amides is 1. The maximum Gasteiger partial charge on any atom is 0.238 e. The molecule has 92 valence electrons. The van der Waals surface area contributed by atoms with E-state index >= 15 is 0 Å². The molecule has 0 radical (unpaired) electrons. The highest BCUT2D eigenvalue weighted by atomic mass is 79.9. The number of halogens is 1. The van der Waals surface area contributed by atoms with E-state index in [2.05, 4.69) is 15.9 Å². The van der Waals surface area contributed by atoms with E-state index < -0.39 is 15.6 Å². The predicted octanol–water partition coefficient (Wildman–Crippen LogP) is 1.46. The highest BCUT2D eigenvalue weighted by Gasteiger charge is 2.26. The molecule has 0 unspecified atom stereocenters. The van der Waals surface area contributed by atoms with Crippen molar-refractivity contribution in [1.29, 1.82) is 0 Å². The Labute approximate surface area is 109 Å². The number of nitrogens with zero attached hydrogens (tertiary/aromatic N) is 1. The molecule has 0 bridgehead atoms. The van der Waals surface area contributed by atoms with Crippen molar-refractivity contribution in [2.45, 2.75) is 11.3 Å². The van der Waals surface area contributed by atoms with Gasteiger partial charge in [-0.25, -0.2) is 8.42 Å². The summed E-state index contributed by atoms with van der Waals surface area (Å²) in [5.41, 5.74) is 0. The number of sulfone groups is 1. The Kier molecular flexibility index (Phi) is 3.53. The Balaban J connectivity index is 2.16. The van der Waals surface area contributed by atoms with Crippen LogP contribution in [0.5, 0.6) is 0 Å². The average molecular weight is 318 g/mol. The summed E-state index contributed by atoms with van der Waals surface area (Å²) in [6.45, 7) is 1.35. The van der Waals surface area contributed by atoms with Gasteiger partial charge in [0, 0.05) is 17.6 Å². The van der Waals surface area contributed by atoms with Crippen molar-refractivity contribution in [1.82, 2.24) is 4.90 Å². The third-order valence-electron chi connectivity index (χ3n) is 2.68. The van der Waals surface area contributed by atoms with Crippen LogP contribution in [0.15, 0.2) is 33.6 Å². The first-order valence-electron chi connectivity index (χ1n) is 5.25. The van der Waals surface area contributed by atoms with E-state index in [1.54, 1.807) is 17.0 Å². The molecule has 6 heteroatoms. The van der Waals surface area contributed by atoms with Crippen molar-refractivity contribution in [2.24, 2.45) is 0 Å². The quantitative estimate of drug-likeness (QED) is 0.848. The van der Waals surface area contributed by atoms with Crippen molar-refractivity contribution in [2.75, 3.05) is 18.8 Å². The van der Waals surface area contributed by atoms with Crippen LogP contribution in [0, 0.1) is 0 Å². The van der Waals surface area contributed by atoms with Gasteiger partial charge in [0.25, 0.3) is 0 Å². The van der Waals surface area contributed by atoms with Crippen LogP contribution in [0.25, 0.3) is 0 Å². The van der Waals surface area contributed by atoms with Gasteiger partial charge in [-0.2, -0.15) is 0 Å². The Morgan fingerprint density at radius 2 is 2.06 bits per heavy atom. The fourth-order valence-corrected chi connectivity index (χ4v) is 3.38. The lowest BCUT2D eigenvalue weighted by Crippen LogP contribution is -2.44. The molecule has 0 aromatic heterocycles. The molecule has 1 amide bonds. The van der Waals surface area contributed by atoms with Crippen LogP contribution in [-0.2, 0) is 14.6 Å². The lowest BCUT2D eigenvalue weighted by molar-refractivity contribution is -0.131. The molecule has 1 heterocycles. The van der Waals surface area contributed by atoms with Crippen LogP contribution in [0.3, 0.4) is 0 Å². The summed E-state index contributed by atoms with van der Waals surface area (Å²) in [6.07, 6.45) is 0.961. The zero-order valence-electron chi connectivity index (χ0n) is 9.10. The average Bonchev–Trinajstić information content (AvgIpc) is 2.13. The first-order chi connectivity index (χ1) is 7.99. The summed E-state index contributed by atoms with van der Waals surface area (Å²) in [5.74, 6) is -0.750. The molecule has 0 aliphatic carbocycles. The molecule has 2 rings (SSSR count). The minimum atomic E-state index is -3.52. The number of carbonyl (C=O) groups is 1. The second kappa shape index (κ2) is 4.78. The van der Waals surface area contributed by atoms with Crippen molar-refractivity contribution in [3.05, 3.63) is 28.7 Å². The van der Waals surface area contributed by atoms with Crippen LogP contribution in [-0.4, -0.2) is 38.1 Å². The van der Waals surface area contributed by atoms with Crippen LogP contribution in [0.4, 0.5) is 0 Å². The molecule has 1 aliphatic rings. The summed E-state index contributed by atoms with van der Waals surface area (Å²) in [4.78, 5) is 13.4. The molecule has 1 aliphatic heterocycles. The van der Waals surface area contributed by atoms with E-state index in [1.807, 2.05) is 0 Å². The van der Waals surface area contributed by atoms with Gasteiger partial charge in [0.2, 0.25) is 5.91 Å². The third-order valence-corrected chi connectivity index (χ3v) is 4.77. The van der Waals surface area contributed by atoms with Crippen molar-refractivity contribution >= 4 is 31.7 Å². The molecule has 1 aromatic carbocycles. The van der Waals surface area contributed by atoms with Crippen LogP contribution in [0.1, 0.15) is 6.42 Å². The number of rotatable bonds is 3.